The number of nitrogens with one attached hydrogen (secondary N) is 1. The normalized spacial score (nSPS) is 12.9. The zero-order valence-electron chi connectivity index (χ0n) is 19.7. The molecule has 1 aliphatic rings. The number of thiazole rings is 1. The van der Waals surface area contributed by atoms with Gasteiger partial charge in [-0.3, -0.25) is 14.4 Å². The predicted octanol–water partition coefficient (Wildman–Crippen LogP) is 4.41. The van der Waals surface area contributed by atoms with Gasteiger partial charge in [0.05, 0.1) is 22.7 Å². The Labute approximate surface area is 213 Å². The molecule has 3 amide bonds. The van der Waals surface area contributed by atoms with Crippen molar-refractivity contribution in [2.24, 2.45) is 0 Å². The summed E-state index contributed by atoms with van der Waals surface area (Å²) in [5, 5.41) is 5.27. The molecule has 0 bridgehead atoms. The molecule has 35 heavy (non-hydrogen) atoms. The average Bonchev–Trinajstić information content (AvgIpc) is 3.28. The lowest BCUT2D eigenvalue weighted by Gasteiger charge is -2.28. The van der Waals surface area contributed by atoms with Crippen LogP contribution in [0.5, 0.6) is 0 Å². The Morgan fingerprint density at radius 1 is 1.11 bits per heavy atom. The Balaban J connectivity index is 1.34. The van der Waals surface area contributed by atoms with Gasteiger partial charge in [-0.15, -0.1) is 11.3 Å². The number of amides is 3. The maximum absolute atomic E-state index is 13.0. The van der Waals surface area contributed by atoms with E-state index >= 15 is 0 Å². The number of hydrogen-bond acceptors (Lipinski definition) is 5. The molecule has 7 nitrogen and oxygen atoms in total. The number of fused-ring (bicyclic) bond motifs is 1. The summed E-state index contributed by atoms with van der Waals surface area (Å²) in [7, 11) is 0. The molecule has 0 saturated carbocycles. The fourth-order valence-corrected chi connectivity index (χ4v) is 4.96. The van der Waals surface area contributed by atoms with Crippen LogP contribution >= 0.6 is 22.9 Å². The second-order valence-electron chi connectivity index (χ2n) is 8.71. The van der Waals surface area contributed by atoms with Gasteiger partial charge in [-0.1, -0.05) is 48.0 Å². The molecule has 0 fully saturated rings. The van der Waals surface area contributed by atoms with Crippen molar-refractivity contribution in [2.75, 3.05) is 18.4 Å². The van der Waals surface area contributed by atoms with Crippen LogP contribution in [-0.4, -0.2) is 51.6 Å². The molecule has 0 atom stereocenters. The molecule has 1 aliphatic heterocycles. The molecular weight excluding hydrogens is 484 g/mol. The molecule has 3 aromatic rings. The van der Waals surface area contributed by atoms with Gasteiger partial charge in [0.2, 0.25) is 11.8 Å². The Hall–Kier alpha value is -3.23. The summed E-state index contributed by atoms with van der Waals surface area (Å²) in [6.45, 7) is 4.84. The van der Waals surface area contributed by atoms with Crippen molar-refractivity contribution in [1.82, 2.24) is 14.8 Å². The largest absolute Gasteiger partial charge is 0.338 e. The van der Waals surface area contributed by atoms with Crippen molar-refractivity contribution in [2.45, 2.75) is 39.3 Å². The highest BCUT2D eigenvalue weighted by molar-refractivity contribution is 7.13. The van der Waals surface area contributed by atoms with E-state index in [4.69, 9.17) is 11.6 Å². The van der Waals surface area contributed by atoms with Crippen LogP contribution in [0.25, 0.3) is 0 Å². The number of halogens is 1. The number of aromatic nitrogens is 1. The number of rotatable bonds is 7. The third-order valence-electron chi connectivity index (χ3n) is 5.92. The maximum Gasteiger partial charge on any atom is 0.256 e. The number of hydrogen-bond donors (Lipinski definition) is 1. The van der Waals surface area contributed by atoms with E-state index < -0.39 is 0 Å². The summed E-state index contributed by atoms with van der Waals surface area (Å²) >= 11 is 7.43. The number of anilines is 1. The van der Waals surface area contributed by atoms with Gasteiger partial charge in [0, 0.05) is 24.5 Å². The van der Waals surface area contributed by atoms with Gasteiger partial charge in [0.15, 0.2) is 5.13 Å². The van der Waals surface area contributed by atoms with E-state index in [1.54, 1.807) is 29.6 Å². The van der Waals surface area contributed by atoms with Gasteiger partial charge >= 0.3 is 0 Å². The molecule has 0 unspecified atom stereocenters. The molecule has 4 rings (SSSR count). The summed E-state index contributed by atoms with van der Waals surface area (Å²) in [6.07, 6.45) is 1.02. The third-order valence-corrected chi connectivity index (χ3v) is 7.05. The monoisotopic (exact) mass is 510 g/mol. The van der Waals surface area contributed by atoms with E-state index in [0.29, 0.717) is 34.5 Å². The quantitative estimate of drug-likeness (QED) is 0.510. The van der Waals surface area contributed by atoms with Crippen molar-refractivity contribution in [1.29, 1.82) is 0 Å². The first-order valence-electron chi connectivity index (χ1n) is 11.5. The number of carbonyl (C=O) groups excluding carboxylic acids is 3. The van der Waals surface area contributed by atoms with Crippen LogP contribution in [0.3, 0.4) is 0 Å². The Morgan fingerprint density at radius 2 is 1.83 bits per heavy atom. The van der Waals surface area contributed by atoms with Crippen molar-refractivity contribution in [3.8, 4) is 0 Å². The molecule has 1 aromatic heterocycles. The van der Waals surface area contributed by atoms with Gasteiger partial charge in [-0.25, -0.2) is 4.98 Å². The number of benzene rings is 2. The van der Waals surface area contributed by atoms with E-state index in [2.05, 4.69) is 22.4 Å². The Kier molecular flexibility index (Phi) is 7.83. The molecule has 9 heteroatoms. The van der Waals surface area contributed by atoms with E-state index in [9.17, 15) is 14.4 Å². The van der Waals surface area contributed by atoms with Gasteiger partial charge in [0.25, 0.3) is 5.91 Å². The summed E-state index contributed by atoms with van der Waals surface area (Å²) in [6, 6.07) is 14.7. The predicted molar refractivity (Wildman–Crippen MR) is 138 cm³/mol. The summed E-state index contributed by atoms with van der Waals surface area (Å²) in [4.78, 5) is 46.2. The lowest BCUT2D eigenvalue weighted by Crippen LogP contribution is -2.42. The first-order valence-corrected chi connectivity index (χ1v) is 12.7. The van der Waals surface area contributed by atoms with Gasteiger partial charge in [-0.05, 0) is 43.5 Å². The lowest BCUT2D eigenvalue weighted by molar-refractivity contribution is -0.131. The average molecular weight is 511 g/mol. The van der Waals surface area contributed by atoms with Crippen LogP contribution in [0.15, 0.2) is 53.9 Å². The minimum Gasteiger partial charge on any atom is -0.338 e. The van der Waals surface area contributed by atoms with Crippen molar-refractivity contribution in [3.63, 3.8) is 0 Å². The van der Waals surface area contributed by atoms with E-state index in [-0.39, 0.29) is 36.7 Å². The molecular formula is C26H27ClN4O3S. The van der Waals surface area contributed by atoms with Crippen molar-refractivity contribution in [3.05, 3.63) is 81.3 Å². The molecule has 1 N–H and O–H groups in total. The first kappa shape index (κ1) is 24.9. The van der Waals surface area contributed by atoms with Gasteiger partial charge in [-0.2, -0.15) is 0 Å². The van der Waals surface area contributed by atoms with Crippen LogP contribution < -0.4 is 5.32 Å². The minimum atomic E-state index is -0.362. The summed E-state index contributed by atoms with van der Waals surface area (Å²) < 4.78 is 0. The van der Waals surface area contributed by atoms with Crippen LogP contribution in [-0.2, 0) is 29.0 Å². The summed E-state index contributed by atoms with van der Waals surface area (Å²) in [5.41, 5.74) is 3.44. The lowest BCUT2D eigenvalue weighted by atomic mass is 10.00. The highest BCUT2D eigenvalue weighted by Gasteiger charge is 2.24. The molecule has 0 aliphatic carbocycles. The fraction of sp³-hybridized carbons (Fsp3) is 0.308. The second kappa shape index (κ2) is 11.0. The highest BCUT2D eigenvalue weighted by atomic mass is 35.5. The SMILES string of the molecule is CC(C)N(CC(=O)Nc1nc(CC(=O)N2CCc3ccccc3C2)cs1)C(=O)c1ccccc1Cl. The van der Waals surface area contributed by atoms with Crippen LogP contribution in [0, 0.1) is 0 Å². The van der Waals surface area contributed by atoms with E-state index in [1.165, 1.54) is 27.4 Å². The Morgan fingerprint density at radius 3 is 2.57 bits per heavy atom. The zero-order chi connectivity index (χ0) is 24.9. The molecule has 2 heterocycles. The van der Waals surface area contributed by atoms with Crippen LogP contribution in [0.1, 0.15) is 41.0 Å². The maximum atomic E-state index is 13.0. The van der Waals surface area contributed by atoms with E-state index in [1.807, 2.05) is 30.9 Å². The Bertz CT molecular complexity index is 1240. The molecule has 2 aromatic carbocycles. The third kappa shape index (κ3) is 6.07. The smallest absolute Gasteiger partial charge is 0.256 e. The number of nitrogens with zero attached hydrogens (tertiary/aromatic N) is 3. The van der Waals surface area contributed by atoms with E-state index in [0.717, 1.165) is 6.42 Å². The van der Waals surface area contributed by atoms with Crippen molar-refractivity contribution < 1.29 is 14.4 Å². The standard InChI is InChI=1S/C26H27ClN4O3S/c1-17(2)31(25(34)21-9-5-6-10-22(21)27)15-23(32)29-26-28-20(16-35-26)13-24(33)30-12-11-18-7-3-4-8-19(18)14-30/h3-10,16-17H,11-15H2,1-2H3,(H,28,29,32). The second-order valence-corrected chi connectivity index (χ2v) is 9.97. The highest BCUT2D eigenvalue weighted by Crippen LogP contribution is 2.22. The first-order chi connectivity index (χ1) is 16.8. The fourth-order valence-electron chi connectivity index (χ4n) is 4.01. The molecule has 0 radical (unpaired) electrons. The zero-order valence-corrected chi connectivity index (χ0v) is 21.2. The minimum absolute atomic E-state index is 0.0130. The topological polar surface area (TPSA) is 82.6 Å². The van der Waals surface area contributed by atoms with Crippen molar-refractivity contribution >= 4 is 45.8 Å². The van der Waals surface area contributed by atoms with Gasteiger partial charge < -0.3 is 15.1 Å². The number of carbonyl (C=O) groups is 3. The molecule has 0 saturated heterocycles. The van der Waals surface area contributed by atoms with Crippen LogP contribution in [0.2, 0.25) is 5.02 Å². The molecule has 182 valence electrons. The molecule has 0 spiro atoms. The van der Waals surface area contributed by atoms with Gasteiger partial charge in [0.1, 0.15) is 6.54 Å². The van der Waals surface area contributed by atoms with Crippen LogP contribution in [0.4, 0.5) is 5.13 Å². The summed E-state index contributed by atoms with van der Waals surface area (Å²) in [5.74, 6) is -0.660.